The number of nitro benzene ring substituents is 1. The average molecular weight is 370 g/mol. The third kappa shape index (κ3) is 4.81. The molecule has 1 unspecified atom stereocenters. The van der Waals surface area contributed by atoms with Gasteiger partial charge in [-0.05, 0) is 17.7 Å². The number of hydrogen-bond donors (Lipinski definition) is 2. The molecule has 1 saturated heterocycles. The fraction of sp³-hybridized carbons (Fsp3) is 0.316. The fourth-order valence-electron chi connectivity index (χ4n) is 3.05. The van der Waals surface area contributed by atoms with E-state index in [1.807, 2.05) is 30.3 Å². The molecule has 0 aliphatic carbocycles. The van der Waals surface area contributed by atoms with Gasteiger partial charge >= 0.3 is 0 Å². The molecule has 1 aliphatic rings. The number of carbonyl (C=O) groups is 1. The van der Waals surface area contributed by atoms with E-state index in [1.54, 1.807) is 0 Å². The van der Waals surface area contributed by atoms with Crippen molar-refractivity contribution in [2.24, 2.45) is 0 Å². The van der Waals surface area contributed by atoms with Gasteiger partial charge < -0.3 is 15.8 Å². The Kier molecular flexibility index (Phi) is 6.00. The number of nitrogen functional groups attached to an aromatic ring is 1. The standard InChI is InChI=1S/C19H22N4O4/c20-16-7-6-15(12-18(16)23(25)26)19(24)21-17(14-4-2-1-3-5-14)13-22-8-10-27-11-9-22/h1-7,12,17H,8-11,13,20H2,(H,21,24). The van der Waals surface area contributed by atoms with Crippen molar-refractivity contribution in [3.05, 3.63) is 69.8 Å². The van der Waals surface area contributed by atoms with Crippen molar-refractivity contribution in [1.82, 2.24) is 10.2 Å². The summed E-state index contributed by atoms with van der Waals surface area (Å²) in [5, 5.41) is 14.1. The molecule has 2 aromatic rings. The number of carbonyl (C=O) groups excluding carboxylic acids is 1. The summed E-state index contributed by atoms with van der Waals surface area (Å²) in [6.45, 7) is 3.56. The van der Waals surface area contributed by atoms with Crippen molar-refractivity contribution in [2.75, 3.05) is 38.6 Å². The maximum Gasteiger partial charge on any atom is 0.292 e. The molecule has 1 fully saturated rings. The van der Waals surface area contributed by atoms with E-state index in [1.165, 1.54) is 18.2 Å². The molecule has 1 atom stereocenters. The summed E-state index contributed by atoms with van der Waals surface area (Å²) >= 11 is 0. The van der Waals surface area contributed by atoms with Crippen molar-refractivity contribution < 1.29 is 14.5 Å². The Hall–Kier alpha value is -2.97. The highest BCUT2D eigenvalue weighted by molar-refractivity contribution is 5.95. The summed E-state index contributed by atoms with van der Waals surface area (Å²) in [5.41, 5.74) is 6.56. The highest BCUT2D eigenvalue weighted by Gasteiger charge is 2.22. The van der Waals surface area contributed by atoms with Crippen molar-refractivity contribution in [3.8, 4) is 0 Å². The molecule has 1 heterocycles. The fourth-order valence-corrected chi connectivity index (χ4v) is 3.05. The predicted octanol–water partition coefficient (Wildman–Crippen LogP) is 1.98. The van der Waals surface area contributed by atoms with Crippen LogP contribution >= 0.6 is 0 Å². The maximum absolute atomic E-state index is 12.7. The highest BCUT2D eigenvalue weighted by atomic mass is 16.6. The number of morpholine rings is 1. The van der Waals surface area contributed by atoms with Crippen LogP contribution in [0.1, 0.15) is 22.0 Å². The molecule has 0 spiro atoms. The molecule has 0 saturated carbocycles. The van der Waals surface area contributed by atoms with Gasteiger partial charge in [0.1, 0.15) is 5.69 Å². The SMILES string of the molecule is Nc1ccc(C(=O)NC(CN2CCOCC2)c2ccccc2)cc1[N+](=O)[O-]. The Balaban J connectivity index is 1.79. The number of anilines is 1. The van der Waals surface area contributed by atoms with Gasteiger partial charge in [-0.2, -0.15) is 0 Å². The molecule has 0 radical (unpaired) electrons. The second-order valence-electron chi connectivity index (χ2n) is 6.38. The first-order valence-electron chi connectivity index (χ1n) is 8.74. The minimum absolute atomic E-state index is 0.0319. The van der Waals surface area contributed by atoms with E-state index >= 15 is 0 Å². The molecule has 0 aromatic heterocycles. The number of hydrogen-bond acceptors (Lipinski definition) is 6. The van der Waals surface area contributed by atoms with E-state index in [0.29, 0.717) is 19.8 Å². The van der Waals surface area contributed by atoms with E-state index in [2.05, 4.69) is 10.2 Å². The largest absolute Gasteiger partial charge is 0.393 e. The second-order valence-corrected chi connectivity index (χ2v) is 6.38. The van der Waals surface area contributed by atoms with Crippen molar-refractivity contribution in [3.63, 3.8) is 0 Å². The smallest absolute Gasteiger partial charge is 0.292 e. The summed E-state index contributed by atoms with van der Waals surface area (Å²) < 4.78 is 5.38. The zero-order valence-corrected chi connectivity index (χ0v) is 14.8. The number of nitrogens with two attached hydrogens (primary N) is 1. The third-order valence-electron chi connectivity index (χ3n) is 4.54. The first-order chi connectivity index (χ1) is 13.0. The zero-order valence-electron chi connectivity index (χ0n) is 14.8. The van der Waals surface area contributed by atoms with Crippen LogP contribution in [0.15, 0.2) is 48.5 Å². The molecule has 27 heavy (non-hydrogen) atoms. The lowest BCUT2D eigenvalue weighted by atomic mass is 10.0. The Morgan fingerprint density at radius 2 is 1.93 bits per heavy atom. The molecule has 8 nitrogen and oxygen atoms in total. The molecule has 1 aliphatic heterocycles. The van der Waals surface area contributed by atoms with Crippen LogP contribution < -0.4 is 11.1 Å². The topological polar surface area (TPSA) is 111 Å². The lowest BCUT2D eigenvalue weighted by Crippen LogP contribution is -2.43. The molecule has 8 heteroatoms. The van der Waals surface area contributed by atoms with E-state index < -0.39 is 4.92 Å². The number of ether oxygens (including phenoxy) is 1. The number of nitrogens with zero attached hydrogens (tertiary/aromatic N) is 2. The highest BCUT2D eigenvalue weighted by Crippen LogP contribution is 2.23. The van der Waals surface area contributed by atoms with Gasteiger partial charge in [-0.1, -0.05) is 30.3 Å². The number of nitro groups is 1. The van der Waals surface area contributed by atoms with Crippen LogP contribution in [0, 0.1) is 10.1 Å². The summed E-state index contributed by atoms with van der Waals surface area (Å²) in [6, 6.07) is 13.5. The first kappa shape index (κ1) is 18.8. The predicted molar refractivity (Wildman–Crippen MR) is 101 cm³/mol. The third-order valence-corrected chi connectivity index (χ3v) is 4.54. The van der Waals surface area contributed by atoms with Crippen LogP contribution in [-0.2, 0) is 4.74 Å². The van der Waals surface area contributed by atoms with Gasteiger partial charge in [-0.3, -0.25) is 19.8 Å². The van der Waals surface area contributed by atoms with Crippen LogP contribution in [0.3, 0.4) is 0 Å². The van der Waals surface area contributed by atoms with Gasteiger partial charge in [0.25, 0.3) is 11.6 Å². The molecule has 1 amide bonds. The van der Waals surface area contributed by atoms with Crippen LogP contribution in [0.2, 0.25) is 0 Å². The first-order valence-corrected chi connectivity index (χ1v) is 8.74. The van der Waals surface area contributed by atoms with Crippen LogP contribution in [0.4, 0.5) is 11.4 Å². The van der Waals surface area contributed by atoms with Crippen molar-refractivity contribution in [2.45, 2.75) is 6.04 Å². The number of nitrogens with one attached hydrogen (secondary N) is 1. The minimum atomic E-state index is -0.589. The molecular weight excluding hydrogens is 348 g/mol. The van der Waals surface area contributed by atoms with E-state index in [0.717, 1.165) is 18.7 Å². The number of benzene rings is 2. The Morgan fingerprint density at radius 3 is 2.59 bits per heavy atom. The van der Waals surface area contributed by atoms with E-state index in [-0.39, 0.29) is 28.9 Å². The summed E-state index contributed by atoms with van der Waals surface area (Å²) in [5.74, 6) is -0.375. The zero-order chi connectivity index (χ0) is 19.2. The summed E-state index contributed by atoms with van der Waals surface area (Å²) in [7, 11) is 0. The number of rotatable bonds is 6. The van der Waals surface area contributed by atoms with Gasteiger partial charge in [0.2, 0.25) is 0 Å². The molecule has 2 aromatic carbocycles. The van der Waals surface area contributed by atoms with E-state index in [4.69, 9.17) is 10.5 Å². The Labute approximate surface area is 157 Å². The number of amides is 1. The Bertz CT molecular complexity index is 807. The molecule has 142 valence electrons. The van der Waals surface area contributed by atoms with Crippen LogP contribution in [0.5, 0.6) is 0 Å². The minimum Gasteiger partial charge on any atom is -0.393 e. The van der Waals surface area contributed by atoms with Gasteiger partial charge in [0.05, 0.1) is 24.2 Å². The monoisotopic (exact) mass is 370 g/mol. The molecule has 0 bridgehead atoms. The average Bonchev–Trinajstić information content (AvgIpc) is 2.69. The van der Waals surface area contributed by atoms with Crippen molar-refractivity contribution in [1.29, 1.82) is 0 Å². The second kappa shape index (κ2) is 8.61. The van der Waals surface area contributed by atoms with Crippen molar-refractivity contribution >= 4 is 17.3 Å². The van der Waals surface area contributed by atoms with Gasteiger partial charge in [-0.15, -0.1) is 0 Å². The molecule has 3 rings (SSSR count). The van der Waals surface area contributed by atoms with Gasteiger partial charge in [-0.25, -0.2) is 0 Å². The quantitative estimate of drug-likeness (QED) is 0.457. The van der Waals surface area contributed by atoms with E-state index in [9.17, 15) is 14.9 Å². The summed E-state index contributed by atoms with van der Waals surface area (Å²) in [4.78, 5) is 25.5. The lowest BCUT2D eigenvalue weighted by Gasteiger charge is -2.31. The Morgan fingerprint density at radius 1 is 1.22 bits per heavy atom. The van der Waals surface area contributed by atoms with Gasteiger partial charge in [0.15, 0.2) is 0 Å². The maximum atomic E-state index is 12.7. The molecular formula is C19H22N4O4. The normalized spacial score (nSPS) is 15.9. The van der Waals surface area contributed by atoms with Gasteiger partial charge in [0, 0.05) is 31.3 Å². The van der Waals surface area contributed by atoms with Crippen LogP contribution in [-0.4, -0.2) is 48.6 Å². The lowest BCUT2D eigenvalue weighted by molar-refractivity contribution is -0.383. The molecule has 3 N–H and O–H groups in total. The summed E-state index contributed by atoms with van der Waals surface area (Å²) in [6.07, 6.45) is 0. The van der Waals surface area contributed by atoms with Crippen LogP contribution in [0.25, 0.3) is 0 Å².